The topological polar surface area (TPSA) is 137 Å². The van der Waals surface area contributed by atoms with E-state index in [9.17, 15) is 24.0 Å². The highest BCUT2D eigenvalue weighted by atomic mass is 16.5. The first-order valence-electron chi connectivity index (χ1n) is 8.14. The summed E-state index contributed by atoms with van der Waals surface area (Å²) in [6.45, 7) is 1.34. The number of rotatable bonds is 8. The third-order valence-electron chi connectivity index (χ3n) is 3.73. The summed E-state index contributed by atoms with van der Waals surface area (Å²) in [6, 6.07) is 4.36. The summed E-state index contributed by atoms with van der Waals surface area (Å²) in [5.74, 6) is -4.88. The lowest BCUT2D eigenvalue weighted by Crippen LogP contribution is -2.50. The number of hydrogen-bond donors (Lipinski definition) is 2. The number of carbonyl (C=O) groups excluding carboxylic acids is 5. The second-order valence-electron chi connectivity index (χ2n) is 5.64. The van der Waals surface area contributed by atoms with E-state index in [1.807, 2.05) is 0 Å². The molecule has 0 fully saturated rings. The molecule has 10 heteroatoms. The highest BCUT2D eigenvalue weighted by Gasteiger charge is 2.38. The summed E-state index contributed by atoms with van der Waals surface area (Å²) in [7, 11) is 3.29. The number of anilines is 1. The van der Waals surface area contributed by atoms with Gasteiger partial charge in [0.25, 0.3) is 5.91 Å². The average molecular weight is 394 g/mol. The molecule has 1 aromatic rings. The van der Waals surface area contributed by atoms with Crippen molar-refractivity contribution in [3.8, 4) is 0 Å². The molecule has 1 aromatic carbocycles. The number of esters is 3. The van der Waals surface area contributed by atoms with E-state index in [1.165, 1.54) is 31.2 Å². The van der Waals surface area contributed by atoms with Crippen LogP contribution in [-0.2, 0) is 33.4 Å². The van der Waals surface area contributed by atoms with Crippen LogP contribution in [0.15, 0.2) is 24.3 Å². The Morgan fingerprint density at radius 2 is 1.46 bits per heavy atom. The smallest absolute Gasteiger partial charge is 0.329 e. The van der Waals surface area contributed by atoms with Crippen LogP contribution in [0.25, 0.3) is 0 Å². The van der Waals surface area contributed by atoms with Crippen LogP contribution in [0.4, 0.5) is 5.69 Å². The van der Waals surface area contributed by atoms with Crippen molar-refractivity contribution >= 4 is 35.4 Å². The monoisotopic (exact) mass is 394 g/mol. The fraction of sp³-hybridized carbons (Fsp3) is 0.389. The first-order valence-corrected chi connectivity index (χ1v) is 8.14. The van der Waals surface area contributed by atoms with Gasteiger partial charge in [-0.1, -0.05) is 0 Å². The fourth-order valence-corrected chi connectivity index (χ4v) is 2.34. The predicted molar refractivity (Wildman–Crippen MR) is 96.2 cm³/mol. The molecule has 2 amide bonds. The van der Waals surface area contributed by atoms with Crippen molar-refractivity contribution in [3.05, 3.63) is 29.8 Å². The molecule has 28 heavy (non-hydrogen) atoms. The van der Waals surface area contributed by atoms with E-state index in [1.54, 1.807) is 0 Å². The standard InChI is InChI=1S/C18H22N2O8/c1-10(21)19-12-7-5-11(6-8-12)16(23)20-15(18(25)28-4)13(17(24)27-3)9-14(22)26-2/h5-8,13,15H,9H2,1-4H3,(H,19,21)(H,20,23)/t13-,15-/m1/s1. The molecular formula is C18H22N2O8. The number of hydrogen-bond acceptors (Lipinski definition) is 8. The number of carbonyl (C=O) groups is 5. The first kappa shape index (κ1) is 22.6. The van der Waals surface area contributed by atoms with Gasteiger partial charge in [0.05, 0.1) is 33.7 Å². The number of benzene rings is 1. The Bertz CT molecular complexity index is 744. The molecule has 0 aliphatic rings. The molecule has 0 unspecified atom stereocenters. The zero-order valence-corrected chi connectivity index (χ0v) is 15.9. The third-order valence-corrected chi connectivity index (χ3v) is 3.73. The fourth-order valence-electron chi connectivity index (χ4n) is 2.34. The molecule has 10 nitrogen and oxygen atoms in total. The largest absolute Gasteiger partial charge is 0.469 e. The number of methoxy groups -OCH3 is 3. The molecule has 152 valence electrons. The van der Waals surface area contributed by atoms with E-state index in [0.717, 1.165) is 21.3 Å². The normalized spacial score (nSPS) is 12.1. The highest BCUT2D eigenvalue weighted by molar-refractivity contribution is 5.99. The van der Waals surface area contributed by atoms with Crippen LogP contribution in [0.1, 0.15) is 23.7 Å². The molecule has 0 spiro atoms. The minimum absolute atomic E-state index is 0.157. The first-order chi connectivity index (χ1) is 13.2. The number of ether oxygens (including phenoxy) is 3. The molecule has 2 N–H and O–H groups in total. The third kappa shape index (κ3) is 6.38. The van der Waals surface area contributed by atoms with E-state index < -0.39 is 42.2 Å². The summed E-state index contributed by atoms with van der Waals surface area (Å²) >= 11 is 0. The number of amides is 2. The zero-order chi connectivity index (χ0) is 21.3. The minimum Gasteiger partial charge on any atom is -0.469 e. The van der Waals surface area contributed by atoms with Crippen molar-refractivity contribution in [2.75, 3.05) is 26.6 Å². The predicted octanol–water partition coefficient (Wildman–Crippen LogP) is 0.269. The van der Waals surface area contributed by atoms with Crippen molar-refractivity contribution in [1.29, 1.82) is 0 Å². The van der Waals surface area contributed by atoms with Crippen molar-refractivity contribution in [3.63, 3.8) is 0 Å². The van der Waals surface area contributed by atoms with Gasteiger partial charge in [0, 0.05) is 18.2 Å². The van der Waals surface area contributed by atoms with Gasteiger partial charge in [-0.25, -0.2) is 4.79 Å². The van der Waals surface area contributed by atoms with Crippen LogP contribution in [0.3, 0.4) is 0 Å². The molecule has 0 aromatic heterocycles. The maximum absolute atomic E-state index is 12.5. The van der Waals surface area contributed by atoms with Gasteiger partial charge < -0.3 is 24.8 Å². The molecule has 2 atom stereocenters. The van der Waals surface area contributed by atoms with E-state index in [-0.39, 0.29) is 11.5 Å². The lowest BCUT2D eigenvalue weighted by molar-refractivity contribution is -0.158. The second kappa shape index (κ2) is 10.7. The molecule has 1 rings (SSSR count). The Labute approximate surface area is 161 Å². The van der Waals surface area contributed by atoms with Crippen molar-refractivity contribution < 1.29 is 38.2 Å². The van der Waals surface area contributed by atoms with Gasteiger partial charge in [0.2, 0.25) is 5.91 Å². The van der Waals surface area contributed by atoms with Gasteiger partial charge in [-0.15, -0.1) is 0 Å². The van der Waals surface area contributed by atoms with Crippen molar-refractivity contribution in [1.82, 2.24) is 5.32 Å². The number of nitrogens with one attached hydrogen (secondary N) is 2. The van der Waals surface area contributed by atoms with Gasteiger partial charge in [-0.05, 0) is 24.3 Å². The van der Waals surface area contributed by atoms with Gasteiger partial charge >= 0.3 is 17.9 Å². The Morgan fingerprint density at radius 3 is 1.93 bits per heavy atom. The van der Waals surface area contributed by atoms with E-state index >= 15 is 0 Å². The summed E-state index contributed by atoms with van der Waals surface area (Å²) in [6.07, 6.45) is -0.495. The van der Waals surface area contributed by atoms with Crippen LogP contribution in [0, 0.1) is 5.92 Å². The Kier molecular flexibility index (Phi) is 8.60. The van der Waals surface area contributed by atoms with Gasteiger partial charge in [0.1, 0.15) is 6.04 Å². The van der Waals surface area contributed by atoms with E-state index in [2.05, 4.69) is 24.8 Å². The van der Waals surface area contributed by atoms with E-state index in [0.29, 0.717) is 5.69 Å². The molecule has 0 aliphatic heterocycles. The molecule has 0 heterocycles. The van der Waals surface area contributed by atoms with Crippen LogP contribution in [0.5, 0.6) is 0 Å². The lowest BCUT2D eigenvalue weighted by Gasteiger charge is -2.23. The molecule has 0 saturated heterocycles. The second-order valence-corrected chi connectivity index (χ2v) is 5.64. The summed E-state index contributed by atoms with van der Waals surface area (Å²) in [5.41, 5.74) is 0.636. The van der Waals surface area contributed by atoms with Crippen LogP contribution in [-0.4, -0.2) is 57.1 Å². The highest BCUT2D eigenvalue weighted by Crippen LogP contribution is 2.16. The summed E-state index contributed by atoms with van der Waals surface area (Å²) < 4.78 is 13.8. The van der Waals surface area contributed by atoms with Gasteiger partial charge in [-0.2, -0.15) is 0 Å². The summed E-state index contributed by atoms with van der Waals surface area (Å²) in [4.78, 5) is 59.4. The van der Waals surface area contributed by atoms with E-state index in [4.69, 9.17) is 0 Å². The van der Waals surface area contributed by atoms with Crippen molar-refractivity contribution in [2.24, 2.45) is 5.92 Å². The Balaban J connectivity index is 3.07. The van der Waals surface area contributed by atoms with Crippen LogP contribution >= 0.6 is 0 Å². The minimum atomic E-state index is -1.47. The molecule has 0 aliphatic carbocycles. The van der Waals surface area contributed by atoms with Crippen LogP contribution in [0.2, 0.25) is 0 Å². The molecular weight excluding hydrogens is 372 g/mol. The zero-order valence-electron chi connectivity index (χ0n) is 15.9. The summed E-state index contributed by atoms with van der Waals surface area (Å²) in [5, 5.41) is 4.93. The Hall–Kier alpha value is -3.43. The molecule has 0 radical (unpaired) electrons. The maximum Gasteiger partial charge on any atom is 0.329 e. The SMILES string of the molecule is COC(=O)C[C@@H](C(=O)OC)[C@@H](NC(=O)c1ccc(NC(C)=O)cc1)C(=O)OC. The quantitative estimate of drug-likeness (QED) is 0.473. The Morgan fingerprint density at radius 1 is 0.893 bits per heavy atom. The van der Waals surface area contributed by atoms with Gasteiger partial charge in [0.15, 0.2) is 0 Å². The molecule has 0 saturated carbocycles. The van der Waals surface area contributed by atoms with Gasteiger partial charge in [-0.3, -0.25) is 19.2 Å². The molecule has 0 bridgehead atoms. The lowest BCUT2D eigenvalue weighted by atomic mass is 9.95. The average Bonchev–Trinajstić information content (AvgIpc) is 2.68. The maximum atomic E-state index is 12.5. The van der Waals surface area contributed by atoms with Crippen LogP contribution < -0.4 is 10.6 Å². The van der Waals surface area contributed by atoms with Crippen molar-refractivity contribution in [2.45, 2.75) is 19.4 Å².